The molecule has 3 rings (SSSR count). The Morgan fingerprint density at radius 2 is 2.00 bits per heavy atom. The van der Waals surface area contributed by atoms with Crippen LogP contribution in [0.1, 0.15) is 18.4 Å². The Hall–Kier alpha value is -2.00. The van der Waals surface area contributed by atoms with Crippen molar-refractivity contribution in [3.05, 3.63) is 60.2 Å². The van der Waals surface area contributed by atoms with Gasteiger partial charge in [0, 0.05) is 24.9 Å². The molecule has 0 aromatic heterocycles. The van der Waals surface area contributed by atoms with E-state index >= 15 is 0 Å². The zero-order valence-electron chi connectivity index (χ0n) is 12.1. The van der Waals surface area contributed by atoms with Crippen LogP contribution in [0.15, 0.2) is 54.6 Å². The average molecular weight is 283 g/mol. The third kappa shape index (κ3) is 4.23. The van der Waals surface area contributed by atoms with Crippen LogP contribution < -0.4 is 10.1 Å². The molecule has 1 aliphatic rings. The number of benzene rings is 2. The van der Waals surface area contributed by atoms with Crippen molar-refractivity contribution in [2.75, 3.05) is 18.5 Å². The van der Waals surface area contributed by atoms with E-state index in [0.717, 1.165) is 37.4 Å². The zero-order chi connectivity index (χ0) is 14.3. The molecule has 1 fully saturated rings. The highest BCUT2D eigenvalue weighted by Gasteiger charge is 2.15. The Morgan fingerprint density at radius 1 is 1.10 bits per heavy atom. The molecule has 1 aliphatic heterocycles. The molecular formula is C18H21NO2. The summed E-state index contributed by atoms with van der Waals surface area (Å²) in [6, 6.07) is 18.5. The fourth-order valence-corrected chi connectivity index (χ4v) is 2.46. The minimum Gasteiger partial charge on any atom is -0.491 e. The van der Waals surface area contributed by atoms with E-state index in [1.54, 1.807) is 0 Å². The molecule has 0 aliphatic carbocycles. The molecule has 1 saturated heterocycles. The Morgan fingerprint density at radius 3 is 2.81 bits per heavy atom. The molecule has 1 unspecified atom stereocenters. The second kappa shape index (κ2) is 7.14. The summed E-state index contributed by atoms with van der Waals surface area (Å²) in [5, 5.41) is 3.42. The summed E-state index contributed by atoms with van der Waals surface area (Å²) in [5.41, 5.74) is 2.34. The first-order valence-corrected chi connectivity index (χ1v) is 7.52. The van der Waals surface area contributed by atoms with E-state index in [1.807, 2.05) is 24.3 Å². The van der Waals surface area contributed by atoms with Crippen molar-refractivity contribution in [1.82, 2.24) is 0 Å². The first-order valence-electron chi connectivity index (χ1n) is 7.52. The van der Waals surface area contributed by atoms with Crippen LogP contribution in [0.4, 0.5) is 5.69 Å². The molecule has 1 N–H and O–H groups in total. The van der Waals surface area contributed by atoms with Gasteiger partial charge in [0.05, 0.1) is 6.10 Å². The predicted octanol–water partition coefficient (Wildman–Crippen LogP) is 3.86. The largest absolute Gasteiger partial charge is 0.491 e. The van der Waals surface area contributed by atoms with Gasteiger partial charge in [0.2, 0.25) is 0 Å². The molecule has 3 heteroatoms. The van der Waals surface area contributed by atoms with Gasteiger partial charge in [0.25, 0.3) is 0 Å². The van der Waals surface area contributed by atoms with Crippen LogP contribution in [-0.2, 0) is 11.3 Å². The first-order chi connectivity index (χ1) is 10.4. The van der Waals surface area contributed by atoms with E-state index in [2.05, 4.69) is 35.6 Å². The lowest BCUT2D eigenvalue weighted by Crippen LogP contribution is -2.16. The second-order valence-electron chi connectivity index (χ2n) is 5.31. The normalized spacial score (nSPS) is 17.6. The van der Waals surface area contributed by atoms with Gasteiger partial charge in [0.1, 0.15) is 12.4 Å². The molecule has 110 valence electrons. The molecule has 2 aromatic carbocycles. The Balaban J connectivity index is 1.52. The SMILES string of the molecule is c1ccc(CNc2cccc(OCC3CCCO3)c2)cc1. The molecule has 0 saturated carbocycles. The lowest BCUT2D eigenvalue weighted by Gasteiger charge is -2.13. The smallest absolute Gasteiger partial charge is 0.121 e. The Kier molecular flexibility index (Phi) is 4.74. The zero-order valence-corrected chi connectivity index (χ0v) is 12.1. The van der Waals surface area contributed by atoms with Gasteiger partial charge in [0.15, 0.2) is 0 Å². The summed E-state index contributed by atoms with van der Waals surface area (Å²) in [5.74, 6) is 0.892. The second-order valence-corrected chi connectivity index (χ2v) is 5.31. The lowest BCUT2D eigenvalue weighted by molar-refractivity contribution is 0.0680. The highest BCUT2D eigenvalue weighted by Crippen LogP contribution is 2.20. The molecule has 3 nitrogen and oxygen atoms in total. The van der Waals surface area contributed by atoms with Crippen molar-refractivity contribution in [1.29, 1.82) is 0 Å². The maximum absolute atomic E-state index is 5.82. The molecule has 0 radical (unpaired) electrons. The topological polar surface area (TPSA) is 30.5 Å². The summed E-state index contributed by atoms with van der Waals surface area (Å²) in [6.45, 7) is 2.32. The van der Waals surface area contributed by atoms with E-state index in [9.17, 15) is 0 Å². The summed E-state index contributed by atoms with van der Waals surface area (Å²) < 4.78 is 11.4. The number of ether oxygens (including phenoxy) is 2. The molecule has 0 spiro atoms. The summed E-state index contributed by atoms with van der Waals surface area (Å²) in [4.78, 5) is 0. The summed E-state index contributed by atoms with van der Waals surface area (Å²) in [7, 11) is 0. The van der Waals surface area contributed by atoms with Gasteiger partial charge < -0.3 is 14.8 Å². The van der Waals surface area contributed by atoms with Gasteiger partial charge in [-0.2, -0.15) is 0 Å². The molecule has 1 atom stereocenters. The highest BCUT2D eigenvalue weighted by molar-refractivity contribution is 5.48. The standard InChI is InChI=1S/C18H21NO2/c1-2-6-15(7-3-1)13-19-16-8-4-9-17(12-16)21-14-18-10-5-11-20-18/h1-4,6-9,12,18-19H,5,10-11,13-14H2. The van der Waals surface area contributed by atoms with E-state index in [0.29, 0.717) is 6.61 Å². The van der Waals surface area contributed by atoms with Gasteiger partial charge in [-0.3, -0.25) is 0 Å². The molecular weight excluding hydrogens is 262 g/mol. The van der Waals surface area contributed by atoms with Gasteiger partial charge in [-0.15, -0.1) is 0 Å². The molecule has 21 heavy (non-hydrogen) atoms. The predicted molar refractivity (Wildman–Crippen MR) is 84.7 cm³/mol. The maximum atomic E-state index is 5.82. The molecule has 0 bridgehead atoms. The van der Waals surface area contributed by atoms with Crippen molar-refractivity contribution in [3.63, 3.8) is 0 Å². The van der Waals surface area contributed by atoms with Gasteiger partial charge in [-0.05, 0) is 30.5 Å². The molecule has 2 aromatic rings. The molecule has 1 heterocycles. The monoisotopic (exact) mass is 283 g/mol. The van der Waals surface area contributed by atoms with Crippen molar-refractivity contribution in [3.8, 4) is 5.75 Å². The lowest BCUT2D eigenvalue weighted by atomic mass is 10.2. The maximum Gasteiger partial charge on any atom is 0.121 e. The number of nitrogens with one attached hydrogen (secondary N) is 1. The van der Waals surface area contributed by atoms with Crippen molar-refractivity contribution < 1.29 is 9.47 Å². The van der Waals surface area contributed by atoms with Crippen molar-refractivity contribution in [2.24, 2.45) is 0 Å². The minimum absolute atomic E-state index is 0.255. The number of rotatable bonds is 6. The fraction of sp³-hybridized carbons (Fsp3) is 0.333. The third-order valence-electron chi connectivity index (χ3n) is 3.63. The summed E-state index contributed by atoms with van der Waals surface area (Å²) in [6.07, 6.45) is 2.50. The van der Waals surface area contributed by atoms with E-state index in [4.69, 9.17) is 9.47 Å². The van der Waals surface area contributed by atoms with Crippen LogP contribution in [0.2, 0.25) is 0 Å². The van der Waals surface area contributed by atoms with E-state index < -0.39 is 0 Å². The van der Waals surface area contributed by atoms with Crippen molar-refractivity contribution >= 4 is 5.69 Å². The van der Waals surface area contributed by atoms with Gasteiger partial charge in [-0.1, -0.05) is 36.4 Å². The highest BCUT2D eigenvalue weighted by atomic mass is 16.5. The number of hydrogen-bond acceptors (Lipinski definition) is 3. The first kappa shape index (κ1) is 14.0. The Labute approximate surface area is 125 Å². The minimum atomic E-state index is 0.255. The van der Waals surface area contributed by atoms with Crippen LogP contribution in [0.25, 0.3) is 0 Å². The van der Waals surface area contributed by atoms with Crippen LogP contribution in [0.3, 0.4) is 0 Å². The third-order valence-corrected chi connectivity index (χ3v) is 3.63. The van der Waals surface area contributed by atoms with Crippen LogP contribution >= 0.6 is 0 Å². The fourth-order valence-electron chi connectivity index (χ4n) is 2.46. The number of anilines is 1. The molecule has 0 amide bonds. The van der Waals surface area contributed by atoms with E-state index in [1.165, 1.54) is 5.56 Å². The number of hydrogen-bond donors (Lipinski definition) is 1. The van der Waals surface area contributed by atoms with E-state index in [-0.39, 0.29) is 6.10 Å². The quantitative estimate of drug-likeness (QED) is 0.873. The summed E-state index contributed by atoms with van der Waals surface area (Å²) >= 11 is 0. The van der Waals surface area contributed by atoms with Crippen LogP contribution in [0, 0.1) is 0 Å². The van der Waals surface area contributed by atoms with Crippen LogP contribution in [0.5, 0.6) is 5.75 Å². The average Bonchev–Trinajstić information content (AvgIpc) is 3.06. The van der Waals surface area contributed by atoms with Gasteiger partial charge >= 0.3 is 0 Å². The van der Waals surface area contributed by atoms with Crippen LogP contribution in [-0.4, -0.2) is 19.3 Å². The Bertz CT molecular complexity index is 550. The van der Waals surface area contributed by atoms with Gasteiger partial charge in [-0.25, -0.2) is 0 Å². The van der Waals surface area contributed by atoms with Crippen molar-refractivity contribution in [2.45, 2.75) is 25.5 Å².